The van der Waals surface area contributed by atoms with Crippen molar-refractivity contribution in [2.45, 2.75) is 13.5 Å². The lowest BCUT2D eigenvalue weighted by molar-refractivity contribution is -0.139. The number of hydrogen-bond acceptors (Lipinski definition) is 8. The number of ether oxygens (including phenoxy) is 3. The Morgan fingerprint density at radius 2 is 1.92 bits per heavy atom. The standard InChI is InChI=1S/C26H25BrN2O8S/c1-2-36-20-12-17(11-19(27)23(20)37-15-16-4-3-5-18(10-16)25(32)33)13-21-24(31)29(26(34)38-21)14-22(30)28-6-8-35-9-7-28/h3-5,10-13H,2,6-9,14-15H2,1H3,(H,32,33)/b21-13+. The summed E-state index contributed by atoms with van der Waals surface area (Å²) >= 11 is 4.26. The first-order valence-corrected chi connectivity index (χ1v) is 13.4. The summed E-state index contributed by atoms with van der Waals surface area (Å²) < 4.78 is 17.5. The summed E-state index contributed by atoms with van der Waals surface area (Å²) in [5.41, 5.74) is 1.42. The smallest absolute Gasteiger partial charge is 0.335 e. The minimum Gasteiger partial charge on any atom is -0.490 e. The fourth-order valence-corrected chi connectivity index (χ4v) is 5.27. The van der Waals surface area contributed by atoms with E-state index in [2.05, 4.69) is 15.9 Å². The molecule has 0 aliphatic carbocycles. The second kappa shape index (κ2) is 12.5. The zero-order valence-corrected chi connectivity index (χ0v) is 22.9. The van der Waals surface area contributed by atoms with Gasteiger partial charge in [-0.3, -0.25) is 19.3 Å². The van der Waals surface area contributed by atoms with Crippen LogP contribution < -0.4 is 9.47 Å². The third-order valence-electron chi connectivity index (χ3n) is 5.72. The van der Waals surface area contributed by atoms with Gasteiger partial charge in [0.2, 0.25) is 5.91 Å². The predicted molar refractivity (Wildman–Crippen MR) is 143 cm³/mol. The minimum absolute atomic E-state index is 0.106. The first kappa shape index (κ1) is 27.7. The maximum Gasteiger partial charge on any atom is 0.335 e. The molecular formula is C26H25BrN2O8S. The van der Waals surface area contributed by atoms with Crippen molar-refractivity contribution in [3.8, 4) is 11.5 Å². The van der Waals surface area contributed by atoms with Crippen molar-refractivity contribution in [3.63, 3.8) is 0 Å². The summed E-state index contributed by atoms with van der Waals surface area (Å²) in [6.45, 7) is 3.68. The monoisotopic (exact) mass is 604 g/mol. The Balaban J connectivity index is 1.50. The molecule has 2 aromatic rings. The van der Waals surface area contributed by atoms with Crippen LogP contribution in [0.2, 0.25) is 0 Å². The molecule has 0 unspecified atom stereocenters. The number of morpholine rings is 1. The fourth-order valence-electron chi connectivity index (χ4n) is 3.86. The van der Waals surface area contributed by atoms with Gasteiger partial charge in [-0.15, -0.1) is 0 Å². The van der Waals surface area contributed by atoms with Crippen molar-refractivity contribution in [2.75, 3.05) is 39.5 Å². The Morgan fingerprint density at radius 3 is 2.63 bits per heavy atom. The van der Waals surface area contributed by atoms with E-state index in [1.807, 2.05) is 6.92 Å². The third-order valence-corrected chi connectivity index (χ3v) is 7.21. The van der Waals surface area contributed by atoms with Gasteiger partial charge in [0, 0.05) is 13.1 Å². The van der Waals surface area contributed by atoms with E-state index in [1.54, 1.807) is 35.2 Å². The maximum absolute atomic E-state index is 12.9. The molecule has 2 heterocycles. The Hall–Kier alpha value is -3.35. The predicted octanol–water partition coefficient (Wildman–Crippen LogP) is 4.02. The molecule has 4 rings (SSSR count). The number of carbonyl (C=O) groups is 4. The van der Waals surface area contributed by atoms with E-state index in [0.29, 0.717) is 60.0 Å². The molecule has 0 saturated carbocycles. The van der Waals surface area contributed by atoms with Crippen LogP contribution in [0.5, 0.6) is 11.5 Å². The largest absolute Gasteiger partial charge is 0.490 e. The lowest BCUT2D eigenvalue weighted by Gasteiger charge is -2.28. The van der Waals surface area contributed by atoms with Gasteiger partial charge in [0.05, 0.1) is 34.8 Å². The first-order chi connectivity index (χ1) is 18.3. The Morgan fingerprint density at radius 1 is 1.16 bits per heavy atom. The number of aromatic carboxylic acids is 1. The highest BCUT2D eigenvalue weighted by Crippen LogP contribution is 2.39. The van der Waals surface area contributed by atoms with Crippen LogP contribution >= 0.6 is 27.7 Å². The summed E-state index contributed by atoms with van der Waals surface area (Å²) in [4.78, 5) is 52.0. The van der Waals surface area contributed by atoms with E-state index in [1.165, 1.54) is 12.1 Å². The number of carbonyl (C=O) groups excluding carboxylic acids is 3. The van der Waals surface area contributed by atoms with Crippen molar-refractivity contribution in [1.82, 2.24) is 9.80 Å². The van der Waals surface area contributed by atoms with E-state index < -0.39 is 17.1 Å². The first-order valence-electron chi connectivity index (χ1n) is 11.8. The second-order valence-corrected chi connectivity index (χ2v) is 10.2. The number of imide groups is 1. The van der Waals surface area contributed by atoms with Gasteiger partial charge in [-0.2, -0.15) is 0 Å². The van der Waals surface area contributed by atoms with Crippen molar-refractivity contribution in [3.05, 3.63) is 62.5 Å². The molecule has 38 heavy (non-hydrogen) atoms. The van der Waals surface area contributed by atoms with Gasteiger partial charge >= 0.3 is 5.97 Å². The van der Waals surface area contributed by atoms with Gasteiger partial charge in [0.25, 0.3) is 11.1 Å². The Bertz CT molecular complexity index is 1290. The van der Waals surface area contributed by atoms with E-state index in [4.69, 9.17) is 14.2 Å². The van der Waals surface area contributed by atoms with Crippen molar-refractivity contribution in [1.29, 1.82) is 0 Å². The van der Waals surface area contributed by atoms with Gasteiger partial charge in [-0.25, -0.2) is 4.79 Å². The third kappa shape index (κ3) is 6.55. The summed E-state index contributed by atoms with van der Waals surface area (Å²) in [7, 11) is 0. The van der Waals surface area contributed by atoms with E-state index in [0.717, 1.165) is 16.7 Å². The Kier molecular flexibility index (Phi) is 9.08. The number of carboxylic acids is 1. The maximum atomic E-state index is 12.9. The van der Waals surface area contributed by atoms with Gasteiger partial charge in [0.15, 0.2) is 11.5 Å². The fraction of sp³-hybridized carbons (Fsp3) is 0.308. The molecule has 0 bridgehead atoms. The van der Waals surface area contributed by atoms with Gasteiger partial charge in [0.1, 0.15) is 13.2 Å². The van der Waals surface area contributed by atoms with E-state index in [9.17, 15) is 24.3 Å². The molecule has 0 spiro atoms. The second-order valence-electron chi connectivity index (χ2n) is 8.32. The topological polar surface area (TPSA) is 123 Å². The SMILES string of the molecule is CCOc1cc(/C=C2/SC(=O)N(CC(=O)N3CCOCC3)C2=O)cc(Br)c1OCc1cccc(C(=O)O)c1. The van der Waals surface area contributed by atoms with Crippen LogP contribution in [0.1, 0.15) is 28.4 Å². The zero-order valence-electron chi connectivity index (χ0n) is 20.5. The van der Waals surface area contributed by atoms with Crippen molar-refractivity contribution in [2.24, 2.45) is 0 Å². The molecule has 2 saturated heterocycles. The van der Waals surface area contributed by atoms with Gasteiger partial charge in [-0.05, 0) is 76.1 Å². The molecule has 0 atom stereocenters. The molecule has 12 heteroatoms. The molecule has 10 nitrogen and oxygen atoms in total. The summed E-state index contributed by atoms with van der Waals surface area (Å²) in [6.07, 6.45) is 1.57. The number of halogens is 1. The van der Waals surface area contributed by atoms with Gasteiger partial charge in [-0.1, -0.05) is 12.1 Å². The molecule has 2 aliphatic heterocycles. The number of carboxylic acid groups (broad SMARTS) is 1. The highest BCUT2D eigenvalue weighted by molar-refractivity contribution is 9.10. The van der Waals surface area contributed by atoms with Crippen LogP contribution in [0.3, 0.4) is 0 Å². The normalized spacial score (nSPS) is 16.7. The van der Waals surface area contributed by atoms with Crippen LogP contribution in [0.25, 0.3) is 6.08 Å². The highest BCUT2D eigenvalue weighted by atomic mass is 79.9. The summed E-state index contributed by atoms with van der Waals surface area (Å²) in [5, 5.41) is 8.70. The molecule has 200 valence electrons. The average molecular weight is 605 g/mol. The van der Waals surface area contributed by atoms with E-state index in [-0.39, 0.29) is 29.5 Å². The molecule has 0 aromatic heterocycles. The summed E-state index contributed by atoms with van der Waals surface area (Å²) in [5.74, 6) is -1.04. The molecule has 2 aromatic carbocycles. The lowest BCUT2D eigenvalue weighted by Crippen LogP contribution is -2.46. The van der Waals surface area contributed by atoms with Crippen LogP contribution in [0.15, 0.2) is 45.8 Å². The van der Waals surface area contributed by atoms with Crippen LogP contribution in [-0.2, 0) is 20.9 Å². The molecular weight excluding hydrogens is 580 g/mol. The molecule has 2 aliphatic rings. The number of hydrogen-bond donors (Lipinski definition) is 1. The number of rotatable bonds is 9. The quantitative estimate of drug-likeness (QED) is 0.423. The van der Waals surface area contributed by atoms with E-state index >= 15 is 0 Å². The number of benzene rings is 2. The number of nitrogens with zero attached hydrogens (tertiary/aromatic N) is 2. The average Bonchev–Trinajstić information content (AvgIpc) is 3.16. The van der Waals surface area contributed by atoms with Crippen LogP contribution in [0.4, 0.5) is 4.79 Å². The zero-order chi connectivity index (χ0) is 27.2. The Labute approximate surface area is 231 Å². The highest BCUT2D eigenvalue weighted by Gasteiger charge is 2.37. The molecule has 0 radical (unpaired) electrons. The van der Waals surface area contributed by atoms with Crippen molar-refractivity contribution >= 4 is 56.8 Å². The van der Waals surface area contributed by atoms with Crippen LogP contribution in [0, 0.1) is 0 Å². The molecule has 1 N–H and O–H groups in total. The molecule has 2 fully saturated rings. The number of thioether (sulfide) groups is 1. The van der Waals surface area contributed by atoms with Crippen LogP contribution in [-0.4, -0.2) is 77.4 Å². The van der Waals surface area contributed by atoms with Crippen molar-refractivity contribution < 1.29 is 38.5 Å². The minimum atomic E-state index is -1.03. The van der Waals surface area contributed by atoms with Gasteiger partial charge < -0.3 is 24.2 Å². The number of amides is 3. The lowest BCUT2D eigenvalue weighted by atomic mass is 10.1. The summed E-state index contributed by atoms with van der Waals surface area (Å²) in [6, 6.07) is 9.84. The molecule has 3 amide bonds.